The number of nitrogens with one attached hydrogen (secondary N) is 1. The smallest absolute Gasteiger partial charge is 0.247 e. The molecule has 0 unspecified atom stereocenters. The van der Waals surface area contributed by atoms with Gasteiger partial charge in [0.2, 0.25) is 17.6 Å². The minimum atomic E-state index is -0.906. The summed E-state index contributed by atoms with van der Waals surface area (Å²) in [4.78, 5) is 34.7. The zero-order chi connectivity index (χ0) is 30.3. The van der Waals surface area contributed by atoms with Crippen LogP contribution in [0.2, 0.25) is 0 Å². The van der Waals surface area contributed by atoms with Gasteiger partial charge in [0.05, 0.1) is 4.88 Å². The first-order chi connectivity index (χ1) is 21.5. The van der Waals surface area contributed by atoms with Gasteiger partial charge in [0.15, 0.2) is 0 Å². The molecule has 3 heterocycles. The van der Waals surface area contributed by atoms with E-state index in [0.717, 1.165) is 56.6 Å². The van der Waals surface area contributed by atoms with Crippen molar-refractivity contribution < 1.29 is 14.0 Å². The summed E-state index contributed by atoms with van der Waals surface area (Å²) in [5.74, 6) is -0.428. The molecule has 1 aliphatic heterocycles. The standard InChI is InChI=1S/C33H38FN7O2S/c34-26-15-13-25(14-16-26)31(33(43)35-27-10-5-2-6-11-27)41(28-17-19-39(20-18-28)22-24-8-3-1-4-9-24)30(42)23-40-37-32(36-38-40)29-12-7-21-44-29/h1,3-4,7-9,12-16,21,27-28,31H,2,5-6,10-11,17-20,22-23H2,(H,35,43)/t31-/m1/s1. The van der Waals surface area contributed by atoms with Gasteiger partial charge in [0, 0.05) is 31.7 Å². The van der Waals surface area contributed by atoms with Crippen LogP contribution in [0.1, 0.15) is 62.1 Å². The van der Waals surface area contributed by atoms with Gasteiger partial charge in [-0.3, -0.25) is 14.5 Å². The number of likely N-dealkylation sites (tertiary alicyclic amines) is 1. The van der Waals surface area contributed by atoms with E-state index in [4.69, 9.17) is 0 Å². The number of benzene rings is 2. The molecule has 0 bridgehead atoms. The van der Waals surface area contributed by atoms with E-state index < -0.39 is 6.04 Å². The van der Waals surface area contributed by atoms with E-state index in [1.54, 1.807) is 17.0 Å². The second-order valence-corrected chi connectivity index (χ2v) is 12.7. The van der Waals surface area contributed by atoms with Crippen LogP contribution in [0.4, 0.5) is 4.39 Å². The van der Waals surface area contributed by atoms with Crippen molar-refractivity contribution in [3.8, 4) is 10.7 Å². The first-order valence-corrected chi connectivity index (χ1v) is 16.4. The van der Waals surface area contributed by atoms with Crippen molar-refractivity contribution in [1.82, 2.24) is 35.3 Å². The summed E-state index contributed by atoms with van der Waals surface area (Å²) >= 11 is 1.50. The molecule has 11 heteroatoms. The van der Waals surface area contributed by atoms with Gasteiger partial charge < -0.3 is 10.2 Å². The monoisotopic (exact) mass is 615 g/mol. The van der Waals surface area contributed by atoms with Crippen molar-refractivity contribution in [2.24, 2.45) is 0 Å². The van der Waals surface area contributed by atoms with Crippen LogP contribution in [0.3, 0.4) is 0 Å². The molecule has 0 radical (unpaired) electrons. The average Bonchev–Trinajstić information content (AvgIpc) is 3.75. The van der Waals surface area contributed by atoms with E-state index >= 15 is 0 Å². The maximum absolute atomic E-state index is 14.3. The summed E-state index contributed by atoms with van der Waals surface area (Å²) in [5.41, 5.74) is 1.83. The van der Waals surface area contributed by atoms with Crippen LogP contribution in [-0.4, -0.2) is 67.0 Å². The zero-order valence-electron chi connectivity index (χ0n) is 24.7. The Kier molecular flexibility index (Phi) is 9.72. The Hall–Kier alpha value is -3.96. The predicted molar refractivity (Wildman–Crippen MR) is 167 cm³/mol. The third-order valence-corrected chi connectivity index (χ3v) is 9.49. The van der Waals surface area contributed by atoms with E-state index in [-0.39, 0.29) is 36.3 Å². The number of aromatic nitrogens is 4. The van der Waals surface area contributed by atoms with Crippen molar-refractivity contribution in [3.63, 3.8) is 0 Å². The highest BCUT2D eigenvalue weighted by atomic mass is 32.1. The van der Waals surface area contributed by atoms with Crippen LogP contribution >= 0.6 is 11.3 Å². The summed E-state index contributed by atoms with van der Waals surface area (Å²) in [6.07, 6.45) is 6.55. The van der Waals surface area contributed by atoms with E-state index in [1.807, 2.05) is 35.7 Å². The minimum Gasteiger partial charge on any atom is -0.351 e. The molecule has 2 aromatic heterocycles. The molecule has 2 aromatic carbocycles. The number of rotatable bonds is 10. The normalized spacial score (nSPS) is 17.3. The number of amides is 2. The molecule has 9 nitrogen and oxygen atoms in total. The fourth-order valence-corrected chi connectivity index (χ4v) is 7.03. The zero-order valence-corrected chi connectivity index (χ0v) is 25.5. The first-order valence-electron chi connectivity index (χ1n) is 15.5. The predicted octanol–water partition coefficient (Wildman–Crippen LogP) is 5.22. The number of thiophene rings is 1. The van der Waals surface area contributed by atoms with Crippen molar-refractivity contribution >= 4 is 23.2 Å². The topological polar surface area (TPSA) is 96.2 Å². The van der Waals surface area contributed by atoms with Gasteiger partial charge in [-0.05, 0) is 65.6 Å². The Morgan fingerprint density at radius 3 is 2.41 bits per heavy atom. The maximum atomic E-state index is 14.3. The van der Waals surface area contributed by atoms with Crippen LogP contribution in [-0.2, 0) is 22.7 Å². The highest BCUT2D eigenvalue weighted by Gasteiger charge is 2.39. The fraction of sp³-hybridized carbons (Fsp3) is 0.424. The molecule has 2 amide bonds. The minimum absolute atomic E-state index is 0.0641. The lowest BCUT2D eigenvalue weighted by molar-refractivity contribution is -0.146. The molecule has 4 aromatic rings. The summed E-state index contributed by atoms with van der Waals surface area (Å²) in [7, 11) is 0. The molecule has 6 rings (SSSR count). The molecule has 0 spiro atoms. The van der Waals surface area contributed by atoms with Gasteiger partial charge in [-0.15, -0.1) is 21.5 Å². The molecule has 1 saturated carbocycles. The third-order valence-electron chi connectivity index (χ3n) is 8.62. The van der Waals surface area contributed by atoms with Crippen molar-refractivity contribution in [2.45, 2.75) is 76.2 Å². The number of hydrogen-bond donors (Lipinski definition) is 1. The Labute approximate surface area is 261 Å². The van der Waals surface area contributed by atoms with Crippen LogP contribution in [0.15, 0.2) is 72.1 Å². The second kappa shape index (κ2) is 14.2. The van der Waals surface area contributed by atoms with Crippen molar-refractivity contribution in [3.05, 3.63) is 89.1 Å². The Morgan fingerprint density at radius 2 is 1.70 bits per heavy atom. The molecule has 1 aliphatic carbocycles. The number of hydrogen-bond acceptors (Lipinski definition) is 7. The number of carbonyl (C=O) groups is 2. The van der Waals surface area contributed by atoms with E-state index in [0.29, 0.717) is 24.2 Å². The summed E-state index contributed by atoms with van der Waals surface area (Å²) < 4.78 is 14.1. The Morgan fingerprint density at radius 1 is 0.955 bits per heavy atom. The molecular weight excluding hydrogens is 577 g/mol. The molecule has 2 aliphatic rings. The number of nitrogens with zero attached hydrogens (tertiary/aromatic N) is 6. The molecular formula is C33H38FN7O2S. The number of halogens is 1. The van der Waals surface area contributed by atoms with Gasteiger partial charge in [-0.25, -0.2) is 4.39 Å². The van der Waals surface area contributed by atoms with Crippen LogP contribution in [0, 0.1) is 5.82 Å². The SMILES string of the molecule is O=C(NC1CCCCC1)[C@@H](c1ccc(F)cc1)N(C(=O)Cn1nnc(-c2cccs2)n1)C1CCN(Cc2ccccc2)CC1. The second-order valence-electron chi connectivity index (χ2n) is 11.7. The molecule has 1 N–H and O–H groups in total. The van der Waals surface area contributed by atoms with Gasteiger partial charge in [-0.2, -0.15) is 4.80 Å². The highest BCUT2D eigenvalue weighted by Crippen LogP contribution is 2.31. The molecule has 44 heavy (non-hydrogen) atoms. The third kappa shape index (κ3) is 7.39. The van der Waals surface area contributed by atoms with Crippen LogP contribution in [0.25, 0.3) is 10.7 Å². The summed E-state index contributed by atoms with van der Waals surface area (Å²) in [6.45, 7) is 2.25. The van der Waals surface area contributed by atoms with Crippen LogP contribution in [0.5, 0.6) is 0 Å². The number of piperidine rings is 1. The first kappa shape index (κ1) is 30.1. The van der Waals surface area contributed by atoms with Gasteiger partial charge in [-0.1, -0.05) is 67.8 Å². The lowest BCUT2D eigenvalue weighted by Gasteiger charge is -2.42. The highest BCUT2D eigenvalue weighted by molar-refractivity contribution is 7.13. The van der Waals surface area contributed by atoms with Gasteiger partial charge in [0.1, 0.15) is 18.4 Å². The molecule has 230 valence electrons. The van der Waals surface area contributed by atoms with E-state index in [1.165, 1.54) is 33.8 Å². The number of tetrazole rings is 1. The van der Waals surface area contributed by atoms with Crippen molar-refractivity contribution in [2.75, 3.05) is 13.1 Å². The molecule has 1 saturated heterocycles. The molecule has 1 atom stereocenters. The van der Waals surface area contributed by atoms with Gasteiger partial charge >= 0.3 is 0 Å². The molecule has 2 fully saturated rings. The lowest BCUT2D eigenvalue weighted by Crippen LogP contribution is -2.54. The quantitative estimate of drug-likeness (QED) is 0.263. The Bertz CT molecular complexity index is 1500. The average molecular weight is 616 g/mol. The van der Waals surface area contributed by atoms with E-state index in [2.05, 4.69) is 37.8 Å². The van der Waals surface area contributed by atoms with E-state index in [9.17, 15) is 14.0 Å². The summed E-state index contributed by atoms with van der Waals surface area (Å²) in [6, 6.07) is 19.1. The van der Waals surface area contributed by atoms with Crippen LogP contribution < -0.4 is 5.32 Å². The number of carbonyl (C=O) groups excluding carboxylic acids is 2. The van der Waals surface area contributed by atoms with Crippen molar-refractivity contribution in [1.29, 1.82) is 0 Å². The summed E-state index contributed by atoms with van der Waals surface area (Å²) in [5, 5.41) is 18.0. The Balaban J connectivity index is 1.27. The maximum Gasteiger partial charge on any atom is 0.247 e. The fourth-order valence-electron chi connectivity index (χ4n) is 6.38. The van der Waals surface area contributed by atoms with Gasteiger partial charge in [0.25, 0.3) is 0 Å². The lowest BCUT2D eigenvalue weighted by atomic mass is 9.93. The largest absolute Gasteiger partial charge is 0.351 e.